The third-order valence-electron chi connectivity index (χ3n) is 5.93. The Morgan fingerprint density at radius 2 is 2.11 bits per heavy atom. The number of nitrogen functional groups attached to an aromatic ring is 1. The minimum absolute atomic E-state index is 0. The van der Waals surface area contributed by atoms with Crippen LogP contribution in [0.15, 0.2) is 18.5 Å². The van der Waals surface area contributed by atoms with E-state index in [9.17, 15) is 4.79 Å². The van der Waals surface area contributed by atoms with E-state index in [-0.39, 0.29) is 62.1 Å². The van der Waals surface area contributed by atoms with Gasteiger partial charge in [0.15, 0.2) is 5.82 Å². The van der Waals surface area contributed by atoms with Crippen molar-refractivity contribution in [1.29, 1.82) is 0 Å². The van der Waals surface area contributed by atoms with Gasteiger partial charge in [-0.1, -0.05) is 18.5 Å². The molecular formula is C24H33ClFN5O3S2. The molecule has 1 saturated heterocycles. The fourth-order valence-corrected chi connectivity index (χ4v) is 4.54. The first-order valence-electron chi connectivity index (χ1n) is 11.4. The average Bonchev–Trinajstić information content (AvgIpc) is 3.42. The molecule has 3 heterocycles. The summed E-state index contributed by atoms with van der Waals surface area (Å²) in [5, 5.41) is 2.61. The highest BCUT2D eigenvalue weighted by atomic mass is 35.5. The normalized spacial score (nSPS) is 15.9. The maximum atomic E-state index is 15.3. The molecule has 4 rings (SSSR count). The van der Waals surface area contributed by atoms with Gasteiger partial charge < -0.3 is 20.5 Å². The van der Waals surface area contributed by atoms with Crippen LogP contribution in [0.4, 0.5) is 10.2 Å². The lowest BCUT2D eigenvalue weighted by Crippen LogP contribution is -2.33. The molecule has 198 valence electrons. The standard InChI is InChI=1S/C24H29ClFN5O3.2H2S/c1-12(2)34-21-16(13(3)23-30-14(4)20-22(27)28-7-8-31(20)23)10-17(25)19(26)18(21)24(32)29-11-15-6-5-9-33-15;;/h7-8,10,12-13,15H,5-6,9,11H2,1-4H3,(H2,27,28)(H,29,32);2*1H2/t13-,15-;;/m0../s1. The minimum Gasteiger partial charge on any atom is -0.490 e. The first kappa shape index (κ1) is 30.0. The first-order chi connectivity index (χ1) is 16.2. The predicted molar refractivity (Wildman–Crippen MR) is 149 cm³/mol. The van der Waals surface area contributed by atoms with Gasteiger partial charge in [-0.05, 0) is 39.7 Å². The van der Waals surface area contributed by atoms with Crippen LogP contribution in [-0.2, 0) is 4.74 Å². The summed E-state index contributed by atoms with van der Waals surface area (Å²) in [5.41, 5.74) is 7.79. The number of aryl methyl sites for hydroxylation is 1. The summed E-state index contributed by atoms with van der Waals surface area (Å²) in [6.07, 6.45) is 4.74. The Labute approximate surface area is 229 Å². The number of imidazole rings is 1. The monoisotopic (exact) mass is 557 g/mol. The van der Waals surface area contributed by atoms with Crippen LogP contribution in [0.1, 0.15) is 67.0 Å². The molecule has 1 aliphatic rings. The van der Waals surface area contributed by atoms with E-state index in [2.05, 4.69) is 10.3 Å². The van der Waals surface area contributed by atoms with Gasteiger partial charge in [0.05, 0.1) is 22.9 Å². The van der Waals surface area contributed by atoms with Crippen molar-refractivity contribution < 1.29 is 18.7 Å². The molecule has 0 radical (unpaired) electrons. The number of anilines is 1. The van der Waals surface area contributed by atoms with Crippen LogP contribution in [0, 0.1) is 12.7 Å². The summed E-state index contributed by atoms with van der Waals surface area (Å²) in [6.45, 7) is 8.32. The predicted octanol–water partition coefficient (Wildman–Crippen LogP) is 4.49. The molecule has 8 nitrogen and oxygen atoms in total. The molecule has 1 aliphatic heterocycles. The molecule has 0 unspecified atom stereocenters. The fourth-order valence-electron chi connectivity index (χ4n) is 4.33. The zero-order valence-electron chi connectivity index (χ0n) is 20.7. The highest BCUT2D eigenvalue weighted by Gasteiger charge is 2.30. The lowest BCUT2D eigenvalue weighted by atomic mass is 9.95. The smallest absolute Gasteiger partial charge is 0.258 e. The molecule has 12 heteroatoms. The molecule has 0 bridgehead atoms. The van der Waals surface area contributed by atoms with Gasteiger partial charge in [0.1, 0.15) is 28.5 Å². The second-order valence-corrected chi connectivity index (χ2v) is 9.19. The molecule has 0 spiro atoms. The van der Waals surface area contributed by atoms with Crippen LogP contribution in [0.2, 0.25) is 5.02 Å². The van der Waals surface area contributed by atoms with Gasteiger partial charge in [-0.2, -0.15) is 27.0 Å². The second kappa shape index (κ2) is 12.4. The van der Waals surface area contributed by atoms with Crippen molar-refractivity contribution in [3.05, 3.63) is 51.9 Å². The summed E-state index contributed by atoms with van der Waals surface area (Å²) < 4.78 is 28.7. The Kier molecular flexibility index (Phi) is 10.3. The molecule has 36 heavy (non-hydrogen) atoms. The number of benzene rings is 1. The van der Waals surface area contributed by atoms with Crippen molar-refractivity contribution in [2.24, 2.45) is 0 Å². The molecule has 1 amide bonds. The summed E-state index contributed by atoms with van der Waals surface area (Å²) >= 11 is 6.29. The summed E-state index contributed by atoms with van der Waals surface area (Å²) in [4.78, 5) is 22.0. The number of nitrogens with two attached hydrogens (primary N) is 1. The number of fused-ring (bicyclic) bond motifs is 1. The topological polar surface area (TPSA) is 104 Å². The average molecular weight is 558 g/mol. The number of carbonyl (C=O) groups excluding carboxylic acids is 1. The van der Waals surface area contributed by atoms with Crippen LogP contribution in [0.3, 0.4) is 0 Å². The van der Waals surface area contributed by atoms with E-state index in [4.69, 9.17) is 31.8 Å². The van der Waals surface area contributed by atoms with Crippen LogP contribution in [0.5, 0.6) is 5.75 Å². The Morgan fingerprint density at radius 1 is 1.39 bits per heavy atom. The second-order valence-electron chi connectivity index (χ2n) is 8.79. The van der Waals surface area contributed by atoms with E-state index >= 15 is 4.39 Å². The van der Waals surface area contributed by atoms with E-state index in [1.165, 1.54) is 6.07 Å². The third kappa shape index (κ3) is 5.85. The van der Waals surface area contributed by atoms with Gasteiger partial charge in [-0.25, -0.2) is 14.4 Å². The number of nitrogens with one attached hydrogen (secondary N) is 1. The van der Waals surface area contributed by atoms with E-state index in [0.717, 1.165) is 12.8 Å². The van der Waals surface area contributed by atoms with Crippen LogP contribution in [-0.4, -0.2) is 45.6 Å². The van der Waals surface area contributed by atoms with Crippen molar-refractivity contribution in [3.8, 4) is 5.75 Å². The number of halogens is 2. The molecule has 2 aromatic heterocycles. The van der Waals surface area contributed by atoms with Crippen molar-refractivity contribution in [1.82, 2.24) is 19.7 Å². The van der Waals surface area contributed by atoms with E-state index < -0.39 is 17.6 Å². The molecule has 3 N–H and O–H groups in total. The summed E-state index contributed by atoms with van der Waals surface area (Å²) in [5.74, 6) is -0.683. The molecule has 1 aromatic carbocycles. The first-order valence-corrected chi connectivity index (χ1v) is 11.7. The molecular weight excluding hydrogens is 525 g/mol. The molecule has 1 fully saturated rings. The Hall–Kier alpha value is -2.21. The van der Waals surface area contributed by atoms with Crippen molar-refractivity contribution >= 4 is 55.8 Å². The van der Waals surface area contributed by atoms with Gasteiger partial charge in [0.25, 0.3) is 5.91 Å². The number of carbonyl (C=O) groups is 1. The van der Waals surface area contributed by atoms with E-state index in [0.29, 0.717) is 35.0 Å². The van der Waals surface area contributed by atoms with Crippen LogP contribution in [0.25, 0.3) is 5.52 Å². The molecule has 2 atom stereocenters. The molecule has 0 saturated carbocycles. The van der Waals surface area contributed by atoms with Crippen molar-refractivity contribution in [3.63, 3.8) is 0 Å². The van der Waals surface area contributed by atoms with Crippen molar-refractivity contribution in [2.45, 2.75) is 58.7 Å². The third-order valence-corrected chi connectivity index (χ3v) is 6.21. The quantitative estimate of drug-likeness (QED) is 0.444. The number of nitrogens with zero attached hydrogens (tertiary/aromatic N) is 3. The summed E-state index contributed by atoms with van der Waals surface area (Å²) in [6, 6.07) is 1.50. The maximum Gasteiger partial charge on any atom is 0.258 e. The van der Waals surface area contributed by atoms with Gasteiger partial charge in [-0.15, -0.1) is 0 Å². The Balaban J connectivity index is 0.00000228. The van der Waals surface area contributed by atoms with Gasteiger partial charge >= 0.3 is 0 Å². The van der Waals surface area contributed by atoms with Gasteiger partial charge in [0, 0.05) is 37.0 Å². The highest BCUT2D eigenvalue weighted by Crippen LogP contribution is 2.40. The number of amides is 1. The highest BCUT2D eigenvalue weighted by molar-refractivity contribution is 7.59. The number of hydrogen-bond donors (Lipinski definition) is 2. The molecule has 0 aliphatic carbocycles. The lowest BCUT2D eigenvalue weighted by molar-refractivity contribution is 0.0849. The van der Waals surface area contributed by atoms with Gasteiger partial charge in [0.2, 0.25) is 0 Å². The lowest BCUT2D eigenvalue weighted by Gasteiger charge is -2.23. The Bertz CT molecular complexity index is 1230. The number of hydrogen-bond acceptors (Lipinski definition) is 6. The number of rotatable bonds is 7. The van der Waals surface area contributed by atoms with E-state index in [1.807, 2.05) is 32.1 Å². The SMILES string of the molecule is Cc1nc([C@@H](C)c2cc(Cl)c(F)c(C(=O)NC[C@@H]3CCCO3)c2OC(C)C)n2ccnc(N)c12.S.S. The zero-order valence-corrected chi connectivity index (χ0v) is 23.4. The maximum absolute atomic E-state index is 15.3. The Morgan fingerprint density at radius 3 is 2.75 bits per heavy atom. The minimum atomic E-state index is -0.823. The molecule has 3 aromatic rings. The zero-order chi connectivity index (χ0) is 24.6. The van der Waals surface area contributed by atoms with Crippen LogP contribution >= 0.6 is 38.6 Å². The fraction of sp³-hybridized carbons (Fsp3) is 0.458. The van der Waals surface area contributed by atoms with Crippen LogP contribution < -0.4 is 15.8 Å². The van der Waals surface area contributed by atoms with Crippen molar-refractivity contribution in [2.75, 3.05) is 18.9 Å². The number of aromatic nitrogens is 3. The van der Waals surface area contributed by atoms with Gasteiger partial charge in [-0.3, -0.25) is 9.20 Å². The number of ether oxygens (including phenoxy) is 2. The van der Waals surface area contributed by atoms with E-state index in [1.54, 1.807) is 12.4 Å². The summed E-state index contributed by atoms with van der Waals surface area (Å²) in [7, 11) is 0. The largest absolute Gasteiger partial charge is 0.490 e.